The highest BCUT2D eigenvalue weighted by molar-refractivity contribution is 5.85. The van der Waals surface area contributed by atoms with Gasteiger partial charge in [0.2, 0.25) is 0 Å². The molecule has 0 aliphatic rings. The summed E-state index contributed by atoms with van der Waals surface area (Å²) < 4.78 is 0. The van der Waals surface area contributed by atoms with Crippen molar-refractivity contribution >= 4 is 18.1 Å². The fraction of sp³-hybridized carbons (Fsp3) is 0.250. The Morgan fingerprint density at radius 3 is 2.58 bits per heavy atom. The number of aryl methyl sites for hydroxylation is 1. The third-order valence-corrected chi connectivity index (χ3v) is 1.78. The lowest BCUT2D eigenvalue weighted by molar-refractivity contribution is 1.31. The van der Waals surface area contributed by atoms with E-state index in [0.717, 1.165) is 11.3 Å². The summed E-state index contributed by atoms with van der Waals surface area (Å²) in [7, 11) is 0. The van der Waals surface area contributed by atoms with Crippen molar-refractivity contribution < 1.29 is 0 Å². The minimum atomic E-state index is 0. The van der Waals surface area contributed by atoms with Crippen molar-refractivity contribution in [1.82, 2.24) is 0 Å². The van der Waals surface area contributed by atoms with E-state index in [2.05, 4.69) is 10.5 Å². The van der Waals surface area contributed by atoms with Crippen LogP contribution in [0.15, 0.2) is 18.2 Å². The number of halogens is 1. The highest BCUT2D eigenvalue weighted by Crippen LogP contribution is 2.17. The Hall–Kier alpha value is -1.27. The molecule has 0 heterocycles. The molecule has 0 aliphatic carbocycles. The molecule has 0 bridgehead atoms. The van der Waals surface area contributed by atoms with Crippen LogP contribution >= 0.6 is 12.4 Å². The molecule has 0 aromatic heterocycles. The maximum absolute atomic E-state index is 8.25. The second-order valence-corrected chi connectivity index (χ2v) is 2.46. The molecule has 12 heavy (non-hydrogen) atoms. The molecule has 0 spiro atoms. The molecule has 1 N–H and O–H groups in total. The molecule has 0 saturated carbocycles. The van der Waals surface area contributed by atoms with Gasteiger partial charge in [-0.2, -0.15) is 0 Å². The van der Waals surface area contributed by atoms with E-state index in [1.807, 2.05) is 32.0 Å². The van der Waals surface area contributed by atoms with Gasteiger partial charge in [-0.3, -0.25) is 0 Å². The van der Waals surface area contributed by atoms with E-state index < -0.39 is 0 Å². The minimum Gasteiger partial charge on any atom is -0.147 e. The number of hydrogen-bond donors (Lipinski definition) is 1. The largest absolute Gasteiger partial charge is 0.308 e. The van der Waals surface area contributed by atoms with Gasteiger partial charge in [0.25, 0.3) is 5.39 Å². The van der Waals surface area contributed by atoms with E-state index in [1.165, 1.54) is 5.56 Å². The summed E-state index contributed by atoms with van der Waals surface area (Å²) in [5, 5.41) is 11.1. The fourth-order valence-corrected chi connectivity index (χ4v) is 0.926. The molecule has 0 radical (unpaired) electrons. The van der Waals surface area contributed by atoms with E-state index in [-0.39, 0.29) is 12.4 Å². The maximum Gasteiger partial charge on any atom is 0.308 e. The Balaban J connectivity index is 0.00000121. The molecular formula is C8H11ClN3+. The van der Waals surface area contributed by atoms with Crippen LogP contribution in [0, 0.1) is 19.2 Å². The molecule has 0 unspecified atom stereocenters. The highest BCUT2D eigenvalue weighted by Gasteiger charge is 2.02. The van der Waals surface area contributed by atoms with Crippen molar-refractivity contribution in [2.75, 3.05) is 5.43 Å². The minimum absolute atomic E-state index is 0. The fourth-order valence-electron chi connectivity index (χ4n) is 0.926. The smallest absolute Gasteiger partial charge is 0.147 e. The molecule has 64 valence electrons. The first kappa shape index (κ1) is 10.7. The molecule has 4 heteroatoms. The monoisotopic (exact) mass is 184 g/mol. The van der Waals surface area contributed by atoms with Gasteiger partial charge in [0.05, 0.1) is 0 Å². The SMILES string of the molecule is Cc1cccc(N[N+]#N)c1C.Cl. The van der Waals surface area contributed by atoms with Crippen molar-refractivity contribution in [3.63, 3.8) is 0 Å². The second kappa shape index (κ2) is 4.58. The number of nitrogens with zero attached hydrogens (tertiary/aromatic N) is 2. The molecule has 1 aromatic carbocycles. The third kappa shape index (κ3) is 2.11. The lowest BCUT2D eigenvalue weighted by atomic mass is 10.1. The van der Waals surface area contributed by atoms with Crippen LogP contribution < -0.4 is 5.43 Å². The highest BCUT2D eigenvalue weighted by atomic mass is 35.5. The Labute approximate surface area is 77.8 Å². The van der Waals surface area contributed by atoms with Gasteiger partial charge in [0.1, 0.15) is 5.69 Å². The topological polar surface area (TPSA) is 40.2 Å². The number of anilines is 1. The summed E-state index contributed by atoms with van der Waals surface area (Å²) in [4.78, 5) is 0. The summed E-state index contributed by atoms with van der Waals surface area (Å²) in [5.74, 6) is 0. The van der Waals surface area contributed by atoms with E-state index >= 15 is 0 Å². The van der Waals surface area contributed by atoms with Crippen LogP contribution in [0.25, 0.3) is 5.08 Å². The summed E-state index contributed by atoms with van der Waals surface area (Å²) in [5.41, 5.74) is 5.62. The molecular weight excluding hydrogens is 174 g/mol. The Bertz CT molecular complexity index is 304. The molecule has 3 nitrogen and oxygen atoms in total. The lowest BCUT2D eigenvalue weighted by Gasteiger charge is -1.99. The van der Waals surface area contributed by atoms with Crippen molar-refractivity contribution in [2.24, 2.45) is 0 Å². The zero-order chi connectivity index (χ0) is 8.27. The lowest BCUT2D eigenvalue weighted by Crippen LogP contribution is -1.89. The summed E-state index contributed by atoms with van der Waals surface area (Å²) in [6, 6.07) is 5.79. The zero-order valence-electron chi connectivity index (χ0n) is 7.03. The van der Waals surface area contributed by atoms with Crippen LogP contribution in [0.4, 0.5) is 5.69 Å². The van der Waals surface area contributed by atoms with E-state index in [0.29, 0.717) is 0 Å². The van der Waals surface area contributed by atoms with Crippen LogP contribution in [-0.4, -0.2) is 0 Å². The molecule has 1 aromatic rings. The van der Waals surface area contributed by atoms with Crippen LogP contribution in [-0.2, 0) is 0 Å². The summed E-state index contributed by atoms with van der Waals surface area (Å²) >= 11 is 0. The van der Waals surface area contributed by atoms with Gasteiger partial charge < -0.3 is 0 Å². The van der Waals surface area contributed by atoms with Crippen LogP contribution in [0.2, 0.25) is 0 Å². The van der Waals surface area contributed by atoms with Crippen LogP contribution in [0.1, 0.15) is 11.1 Å². The quantitative estimate of drug-likeness (QED) is 0.539. The summed E-state index contributed by atoms with van der Waals surface area (Å²) in [6.07, 6.45) is 0. The van der Waals surface area contributed by atoms with Gasteiger partial charge in [-0.05, 0) is 36.5 Å². The number of nitrogens with one attached hydrogen (secondary N) is 1. The first-order chi connectivity index (χ1) is 5.25. The zero-order valence-corrected chi connectivity index (χ0v) is 7.85. The maximum atomic E-state index is 8.25. The number of benzene rings is 1. The first-order valence-electron chi connectivity index (χ1n) is 3.42. The van der Waals surface area contributed by atoms with Crippen LogP contribution in [0.5, 0.6) is 0 Å². The van der Waals surface area contributed by atoms with Crippen molar-refractivity contribution in [1.29, 1.82) is 5.39 Å². The number of diazo groups is 1. The number of rotatable bonds is 1. The van der Waals surface area contributed by atoms with E-state index in [4.69, 9.17) is 5.39 Å². The van der Waals surface area contributed by atoms with Gasteiger partial charge >= 0.3 is 5.08 Å². The molecule has 0 amide bonds. The van der Waals surface area contributed by atoms with E-state index in [1.54, 1.807) is 0 Å². The Morgan fingerprint density at radius 2 is 2.00 bits per heavy atom. The molecule has 0 saturated heterocycles. The number of hydrogen-bond acceptors (Lipinski definition) is 2. The van der Waals surface area contributed by atoms with Gasteiger partial charge in [-0.1, -0.05) is 12.1 Å². The predicted molar refractivity (Wildman–Crippen MR) is 51.9 cm³/mol. The van der Waals surface area contributed by atoms with Crippen molar-refractivity contribution in [3.05, 3.63) is 34.4 Å². The Morgan fingerprint density at radius 1 is 1.33 bits per heavy atom. The third-order valence-electron chi connectivity index (χ3n) is 1.78. The van der Waals surface area contributed by atoms with Crippen LogP contribution in [0.3, 0.4) is 0 Å². The van der Waals surface area contributed by atoms with Gasteiger partial charge in [0, 0.05) is 0 Å². The van der Waals surface area contributed by atoms with Crippen molar-refractivity contribution in [2.45, 2.75) is 13.8 Å². The van der Waals surface area contributed by atoms with Gasteiger partial charge in [-0.15, -0.1) is 12.4 Å². The second-order valence-electron chi connectivity index (χ2n) is 2.46. The Kier molecular flexibility index (Phi) is 4.09. The molecule has 0 atom stereocenters. The average molecular weight is 185 g/mol. The van der Waals surface area contributed by atoms with Crippen molar-refractivity contribution in [3.8, 4) is 0 Å². The molecule has 0 fully saturated rings. The van der Waals surface area contributed by atoms with Gasteiger partial charge in [0.15, 0.2) is 0 Å². The average Bonchev–Trinajstić information content (AvgIpc) is 1.99. The van der Waals surface area contributed by atoms with Gasteiger partial charge in [-0.25, -0.2) is 0 Å². The van der Waals surface area contributed by atoms with E-state index in [9.17, 15) is 0 Å². The standard InChI is InChI=1S/C8H10N3.ClH/c1-6-4-3-5-8(7(6)2)10-11-9;/h3-5,10H,1-2H3;1H/q+1;. The normalized spacial score (nSPS) is 8.08. The molecule has 0 aliphatic heterocycles. The summed E-state index contributed by atoms with van der Waals surface area (Å²) in [6.45, 7) is 3.99. The predicted octanol–water partition coefficient (Wildman–Crippen LogP) is 2.91. The first-order valence-corrected chi connectivity index (χ1v) is 3.42. The molecule has 1 rings (SSSR count).